The average molecular weight is 393 g/mol. The lowest BCUT2D eigenvalue weighted by molar-refractivity contribution is 0.0913. The van der Waals surface area contributed by atoms with Crippen molar-refractivity contribution < 1.29 is 4.79 Å². The van der Waals surface area contributed by atoms with Crippen LogP contribution in [0.25, 0.3) is 22.0 Å². The van der Waals surface area contributed by atoms with Crippen LogP contribution in [0.1, 0.15) is 28.9 Å². The van der Waals surface area contributed by atoms with Crippen LogP contribution in [0.3, 0.4) is 0 Å². The Bertz CT molecular complexity index is 1000. The highest BCUT2D eigenvalue weighted by molar-refractivity contribution is 6.05. The Kier molecular flexibility index (Phi) is 5.60. The van der Waals surface area contributed by atoms with Gasteiger partial charge in [-0.3, -0.25) is 14.9 Å². The van der Waals surface area contributed by atoms with E-state index < -0.39 is 0 Å². The monoisotopic (exact) mass is 392 g/mol. The van der Waals surface area contributed by atoms with Crippen LogP contribution in [0.15, 0.2) is 36.7 Å². The van der Waals surface area contributed by atoms with Gasteiger partial charge in [0.2, 0.25) is 0 Å². The van der Waals surface area contributed by atoms with E-state index in [-0.39, 0.29) is 11.9 Å². The summed E-state index contributed by atoms with van der Waals surface area (Å²) in [6, 6.07) is 8.39. The van der Waals surface area contributed by atoms with Crippen LogP contribution in [-0.4, -0.2) is 71.2 Å². The number of H-pyrrole nitrogens is 1. The van der Waals surface area contributed by atoms with Crippen LogP contribution in [0.4, 0.5) is 0 Å². The maximum Gasteiger partial charge on any atom is 0.272 e. The number of pyridine rings is 1. The molecule has 1 saturated heterocycles. The van der Waals surface area contributed by atoms with Gasteiger partial charge in [0.15, 0.2) is 5.69 Å². The molecule has 0 unspecified atom stereocenters. The lowest BCUT2D eigenvalue weighted by Crippen LogP contribution is -2.43. The Morgan fingerprint density at radius 2 is 2.00 bits per heavy atom. The van der Waals surface area contributed by atoms with Crippen molar-refractivity contribution in [3.8, 4) is 11.1 Å². The topological polar surface area (TPSA) is 77.1 Å². The summed E-state index contributed by atoms with van der Waals surface area (Å²) in [6.45, 7) is 2.85. The van der Waals surface area contributed by atoms with Crippen molar-refractivity contribution in [2.45, 2.75) is 25.4 Å². The van der Waals surface area contributed by atoms with Crippen LogP contribution in [-0.2, 0) is 6.54 Å². The quantitative estimate of drug-likeness (QED) is 0.698. The lowest BCUT2D eigenvalue weighted by atomic mass is 10.0. The molecule has 1 aromatic carbocycles. The number of aromatic amines is 1. The van der Waals surface area contributed by atoms with Crippen molar-refractivity contribution in [3.05, 3.63) is 47.9 Å². The molecule has 3 heterocycles. The summed E-state index contributed by atoms with van der Waals surface area (Å²) in [5.74, 6) is -0.109. The Morgan fingerprint density at radius 1 is 1.21 bits per heavy atom. The molecule has 0 bridgehead atoms. The zero-order valence-corrected chi connectivity index (χ0v) is 17.3. The molecule has 0 atom stereocenters. The van der Waals surface area contributed by atoms with Gasteiger partial charge in [-0.2, -0.15) is 5.10 Å². The number of piperidine rings is 1. The fourth-order valence-electron chi connectivity index (χ4n) is 3.87. The molecule has 2 N–H and O–H groups in total. The summed E-state index contributed by atoms with van der Waals surface area (Å²) in [5, 5.41) is 11.3. The zero-order valence-electron chi connectivity index (χ0n) is 17.3. The molecule has 0 saturated carbocycles. The number of hydrogen-bond acceptors (Lipinski definition) is 5. The van der Waals surface area contributed by atoms with E-state index in [1.165, 1.54) is 0 Å². The Labute approximate surface area is 171 Å². The Morgan fingerprint density at radius 3 is 2.76 bits per heavy atom. The molecule has 1 aliphatic rings. The average Bonchev–Trinajstić information content (AvgIpc) is 3.13. The molecule has 4 rings (SSSR count). The number of benzene rings is 1. The molecule has 0 radical (unpaired) electrons. The largest absolute Gasteiger partial charge is 0.348 e. The summed E-state index contributed by atoms with van der Waals surface area (Å²) in [6.07, 6.45) is 5.69. The van der Waals surface area contributed by atoms with E-state index in [9.17, 15) is 4.79 Å². The molecular formula is C22H28N6O. The van der Waals surface area contributed by atoms with E-state index in [0.717, 1.165) is 60.1 Å². The minimum absolute atomic E-state index is 0.109. The van der Waals surface area contributed by atoms with E-state index >= 15 is 0 Å². The maximum absolute atomic E-state index is 12.9. The van der Waals surface area contributed by atoms with Crippen LogP contribution in [0.2, 0.25) is 0 Å². The van der Waals surface area contributed by atoms with Crippen LogP contribution < -0.4 is 5.32 Å². The van der Waals surface area contributed by atoms with Gasteiger partial charge in [0, 0.05) is 35.9 Å². The number of fused-ring (bicyclic) bond motifs is 1. The number of amides is 1. The lowest BCUT2D eigenvalue weighted by Gasteiger charge is -2.29. The number of nitrogens with one attached hydrogen (secondary N) is 2. The molecule has 1 amide bonds. The number of carbonyl (C=O) groups excluding carboxylic acids is 1. The summed E-state index contributed by atoms with van der Waals surface area (Å²) < 4.78 is 0. The van der Waals surface area contributed by atoms with Crippen LogP contribution in [0, 0.1) is 0 Å². The minimum Gasteiger partial charge on any atom is -0.348 e. The zero-order chi connectivity index (χ0) is 20.4. The fourth-order valence-corrected chi connectivity index (χ4v) is 3.87. The highest BCUT2D eigenvalue weighted by Gasteiger charge is 2.22. The Balaban J connectivity index is 1.59. The number of aromatic nitrogens is 3. The highest BCUT2D eigenvalue weighted by atomic mass is 16.2. The standard InChI is InChI=1S/C22H28N6O/c1-27(2)14-15-10-17(13-23-12-15)16-4-5-20-19(11-16)21(26-25-20)22(29)24-18-6-8-28(3)9-7-18/h4-5,10-13,18H,6-9,14H2,1-3H3,(H,24,29)(H,25,26). The number of nitrogens with zero attached hydrogens (tertiary/aromatic N) is 4. The number of rotatable bonds is 5. The van der Waals surface area contributed by atoms with E-state index in [1.807, 2.05) is 44.7 Å². The fraction of sp³-hybridized carbons (Fsp3) is 0.409. The second-order valence-electron chi connectivity index (χ2n) is 8.20. The second-order valence-corrected chi connectivity index (χ2v) is 8.20. The third kappa shape index (κ3) is 4.46. The molecule has 1 fully saturated rings. The van der Waals surface area contributed by atoms with Crippen molar-refractivity contribution in [1.29, 1.82) is 0 Å². The molecule has 3 aromatic rings. The highest BCUT2D eigenvalue weighted by Crippen LogP contribution is 2.26. The van der Waals surface area contributed by atoms with Crippen molar-refractivity contribution in [2.24, 2.45) is 0 Å². The van der Waals surface area contributed by atoms with Gasteiger partial charge in [-0.1, -0.05) is 6.07 Å². The smallest absolute Gasteiger partial charge is 0.272 e. The molecule has 152 valence electrons. The first-order valence-electron chi connectivity index (χ1n) is 10.1. The molecule has 7 nitrogen and oxygen atoms in total. The summed E-state index contributed by atoms with van der Waals surface area (Å²) in [5.41, 5.74) is 4.53. The van der Waals surface area contributed by atoms with Gasteiger partial charge in [0.1, 0.15) is 0 Å². The maximum atomic E-state index is 12.9. The SMILES string of the molecule is CN(C)Cc1cncc(-c2ccc3[nH]nc(C(=O)NC4CCN(C)CC4)c3c2)c1. The molecule has 29 heavy (non-hydrogen) atoms. The van der Waals surface area contributed by atoms with Crippen molar-refractivity contribution in [1.82, 2.24) is 30.3 Å². The molecule has 2 aromatic heterocycles. The predicted molar refractivity (Wildman–Crippen MR) is 115 cm³/mol. The summed E-state index contributed by atoms with van der Waals surface area (Å²) in [7, 11) is 6.20. The van der Waals surface area contributed by atoms with E-state index in [0.29, 0.717) is 5.69 Å². The predicted octanol–water partition coefficient (Wildman–Crippen LogP) is 2.51. The van der Waals surface area contributed by atoms with Gasteiger partial charge in [0.25, 0.3) is 5.91 Å². The van der Waals surface area contributed by atoms with Gasteiger partial charge in [-0.05, 0) is 76.4 Å². The van der Waals surface area contributed by atoms with Gasteiger partial charge in [-0.25, -0.2) is 0 Å². The third-order valence-electron chi connectivity index (χ3n) is 5.46. The third-order valence-corrected chi connectivity index (χ3v) is 5.46. The molecule has 0 aliphatic carbocycles. The van der Waals surface area contributed by atoms with Crippen molar-refractivity contribution in [2.75, 3.05) is 34.2 Å². The molecular weight excluding hydrogens is 364 g/mol. The first-order valence-corrected chi connectivity index (χ1v) is 10.1. The van der Waals surface area contributed by atoms with E-state index in [2.05, 4.69) is 43.4 Å². The van der Waals surface area contributed by atoms with Gasteiger partial charge in [-0.15, -0.1) is 0 Å². The van der Waals surface area contributed by atoms with Crippen molar-refractivity contribution >= 4 is 16.8 Å². The molecule has 1 aliphatic heterocycles. The first kappa shape index (κ1) is 19.5. The molecule has 0 spiro atoms. The van der Waals surface area contributed by atoms with Crippen molar-refractivity contribution in [3.63, 3.8) is 0 Å². The number of likely N-dealkylation sites (tertiary alicyclic amines) is 1. The van der Waals surface area contributed by atoms with E-state index in [1.54, 1.807) is 0 Å². The Hall–Kier alpha value is -2.77. The summed E-state index contributed by atoms with van der Waals surface area (Å²) in [4.78, 5) is 21.7. The first-order chi connectivity index (χ1) is 14.0. The second kappa shape index (κ2) is 8.31. The molecule has 7 heteroatoms. The van der Waals surface area contributed by atoms with Crippen LogP contribution in [0.5, 0.6) is 0 Å². The summed E-state index contributed by atoms with van der Waals surface area (Å²) >= 11 is 0. The van der Waals surface area contributed by atoms with Gasteiger partial charge >= 0.3 is 0 Å². The normalized spacial score (nSPS) is 15.9. The number of carbonyl (C=O) groups is 1. The number of hydrogen-bond donors (Lipinski definition) is 2. The van der Waals surface area contributed by atoms with Crippen LogP contribution >= 0.6 is 0 Å². The van der Waals surface area contributed by atoms with Gasteiger partial charge in [0.05, 0.1) is 5.52 Å². The van der Waals surface area contributed by atoms with Gasteiger partial charge < -0.3 is 15.1 Å². The minimum atomic E-state index is -0.109. The van der Waals surface area contributed by atoms with E-state index in [4.69, 9.17) is 0 Å².